The maximum absolute atomic E-state index is 10.4. The van der Waals surface area contributed by atoms with Gasteiger partial charge in [-0.2, -0.15) is 0 Å². The van der Waals surface area contributed by atoms with Crippen molar-refractivity contribution >= 4 is 28.4 Å². The smallest absolute Gasteiger partial charge is 0.196 e. The average molecular weight is 392 g/mol. The first-order valence-corrected chi connectivity index (χ1v) is 9.30. The standard InChI is InChI=1S/C24H16N4O2/c1-30-17-6-9-21-19(13-17)20(24(29)26-21)11-16-4-7-18-22(27-28-23(18)12-16)8-5-15-3-2-10-25-14-15/h2-4,6-7,9-14,26,29H,1H3. The summed E-state index contributed by atoms with van der Waals surface area (Å²) in [6.07, 6.45) is 5.33. The molecule has 5 rings (SSSR count). The molecule has 6 heteroatoms. The van der Waals surface area contributed by atoms with Crippen LogP contribution in [0.4, 0.5) is 5.69 Å². The van der Waals surface area contributed by atoms with Crippen LogP contribution in [-0.4, -0.2) is 22.2 Å². The van der Waals surface area contributed by atoms with Crippen LogP contribution in [-0.2, 0) is 0 Å². The van der Waals surface area contributed by atoms with E-state index < -0.39 is 0 Å². The third-order valence-corrected chi connectivity index (χ3v) is 4.86. The third kappa shape index (κ3) is 3.19. The Morgan fingerprint density at radius 2 is 2.00 bits per heavy atom. The SMILES string of the molecule is COc1ccc2[nH]c(O)c(C=c3ccc4c(c3)N=NC=4C#Cc3cccnc3)c2c1. The van der Waals surface area contributed by atoms with Crippen LogP contribution in [0.1, 0.15) is 11.1 Å². The lowest BCUT2D eigenvalue weighted by Crippen LogP contribution is -2.08. The number of aromatic nitrogens is 2. The fourth-order valence-corrected chi connectivity index (χ4v) is 3.36. The summed E-state index contributed by atoms with van der Waals surface area (Å²) in [5.41, 5.74) is 3.72. The minimum absolute atomic E-state index is 0.106. The molecule has 0 saturated carbocycles. The number of H-pyrrole nitrogens is 1. The minimum Gasteiger partial charge on any atom is -0.497 e. The van der Waals surface area contributed by atoms with Crippen LogP contribution < -0.4 is 15.2 Å². The molecular weight excluding hydrogens is 376 g/mol. The molecule has 0 unspecified atom stereocenters. The number of azo groups is 1. The topological polar surface area (TPSA) is 82.9 Å². The predicted octanol–water partition coefficient (Wildman–Crippen LogP) is 3.36. The van der Waals surface area contributed by atoms with E-state index in [0.717, 1.165) is 38.3 Å². The molecule has 0 aliphatic carbocycles. The fraction of sp³-hybridized carbons (Fsp3) is 0.0417. The monoisotopic (exact) mass is 392 g/mol. The number of aromatic hydroxyl groups is 1. The zero-order chi connectivity index (χ0) is 20.5. The van der Waals surface area contributed by atoms with Gasteiger partial charge in [-0.1, -0.05) is 12.0 Å². The zero-order valence-corrected chi connectivity index (χ0v) is 16.0. The average Bonchev–Trinajstić information content (AvgIpc) is 3.32. The molecular formula is C24H16N4O2. The maximum atomic E-state index is 10.4. The van der Waals surface area contributed by atoms with E-state index in [0.29, 0.717) is 11.3 Å². The van der Waals surface area contributed by atoms with Crippen molar-refractivity contribution in [3.05, 3.63) is 82.5 Å². The van der Waals surface area contributed by atoms with Crippen LogP contribution in [0, 0.1) is 11.8 Å². The van der Waals surface area contributed by atoms with Crippen molar-refractivity contribution in [3.63, 3.8) is 0 Å². The summed E-state index contributed by atoms with van der Waals surface area (Å²) in [5.74, 6) is 6.95. The summed E-state index contributed by atoms with van der Waals surface area (Å²) in [7, 11) is 1.62. The number of pyridine rings is 1. The highest BCUT2D eigenvalue weighted by Gasteiger charge is 2.11. The van der Waals surface area contributed by atoms with Crippen molar-refractivity contribution in [2.45, 2.75) is 0 Å². The van der Waals surface area contributed by atoms with Gasteiger partial charge in [-0.3, -0.25) is 4.98 Å². The van der Waals surface area contributed by atoms with Gasteiger partial charge < -0.3 is 14.8 Å². The highest BCUT2D eigenvalue weighted by Crippen LogP contribution is 2.30. The second-order valence-electron chi connectivity index (χ2n) is 6.76. The summed E-state index contributed by atoms with van der Waals surface area (Å²) in [6.45, 7) is 0. The van der Waals surface area contributed by atoms with Gasteiger partial charge in [0.15, 0.2) is 5.88 Å². The van der Waals surface area contributed by atoms with Gasteiger partial charge in [0.05, 0.1) is 12.8 Å². The van der Waals surface area contributed by atoms with Gasteiger partial charge in [-0.15, -0.1) is 10.2 Å². The van der Waals surface area contributed by atoms with Crippen molar-refractivity contribution in [2.75, 3.05) is 7.11 Å². The Labute approximate surface area is 171 Å². The number of hydrogen-bond acceptors (Lipinski definition) is 5. The Kier molecular flexibility index (Phi) is 4.26. The van der Waals surface area contributed by atoms with Gasteiger partial charge in [-0.25, -0.2) is 0 Å². The second kappa shape index (κ2) is 7.22. The van der Waals surface area contributed by atoms with Crippen LogP contribution in [0.3, 0.4) is 0 Å². The van der Waals surface area contributed by atoms with E-state index in [2.05, 4.69) is 32.0 Å². The Balaban J connectivity index is 1.58. The molecule has 0 amide bonds. The lowest BCUT2D eigenvalue weighted by atomic mass is 10.1. The number of nitrogens with zero attached hydrogens (tertiary/aromatic N) is 3. The molecule has 0 bridgehead atoms. The molecule has 4 aromatic rings. The van der Waals surface area contributed by atoms with Gasteiger partial charge in [0, 0.05) is 39.6 Å². The molecule has 0 atom stereocenters. The highest BCUT2D eigenvalue weighted by molar-refractivity contribution is 5.92. The lowest BCUT2D eigenvalue weighted by molar-refractivity contribution is 0.415. The molecule has 6 nitrogen and oxygen atoms in total. The Morgan fingerprint density at radius 3 is 2.83 bits per heavy atom. The largest absolute Gasteiger partial charge is 0.497 e. The number of methoxy groups -OCH3 is 1. The van der Waals surface area contributed by atoms with Crippen LogP contribution >= 0.6 is 0 Å². The first kappa shape index (κ1) is 17.7. The van der Waals surface area contributed by atoms with Crippen molar-refractivity contribution in [2.24, 2.45) is 10.2 Å². The van der Waals surface area contributed by atoms with E-state index in [1.807, 2.05) is 54.6 Å². The molecule has 3 heterocycles. The summed E-state index contributed by atoms with van der Waals surface area (Å²) >= 11 is 0. The zero-order valence-electron chi connectivity index (χ0n) is 16.0. The molecule has 0 saturated heterocycles. The normalized spacial score (nSPS) is 12.7. The van der Waals surface area contributed by atoms with Gasteiger partial charge >= 0.3 is 0 Å². The van der Waals surface area contributed by atoms with Crippen LogP contribution in [0.5, 0.6) is 11.6 Å². The maximum Gasteiger partial charge on any atom is 0.196 e. The van der Waals surface area contributed by atoms with Gasteiger partial charge in [0.1, 0.15) is 11.4 Å². The van der Waals surface area contributed by atoms with Crippen molar-refractivity contribution in [1.82, 2.24) is 9.97 Å². The van der Waals surface area contributed by atoms with Crippen molar-refractivity contribution in [1.29, 1.82) is 0 Å². The summed E-state index contributed by atoms with van der Waals surface area (Å²) in [4.78, 5) is 7.05. The number of rotatable bonds is 2. The predicted molar refractivity (Wildman–Crippen MR) is 115 cm³/mol. The second-order valence-corrected chi connectivity index (χ2v) is 6.76. The van der Waals surface area contributed by atoms with E-state index in [9.17, 15) is 5.11 Å². The number of benzene rings is 2. The Hall–Kier alpha value is -4.37. The van der Waals surface area contributed by atoms with Crippen LogP contribution in [0.15, 0.2) is 71.2 Å². The molecule has 144 valence electrons. The molecule has 30 heavy (non-hydrogen) atoms. The van der Waals surface area contributed by atoms with E-state index in [1.165, 1.54) is 0 Å². The van der Waals surface area contributed by atoms with Gasteiger partial charge in [0.25, 0.3) is 0 Å². The summed E-state index contributed by atoms with van der Waals surface area (Å²) in [5, 5.41) is 21.5. The molecule has 2 aromatic carbocycles. The molecule has 0 radical (unpaired) electrons. The van der Waals surface area contributed by atoms with Crippen molar-refractivity contribution < 1.29 is 9.84 Å². The third-order valence-electron chi connectivity index (χ3n) is 4.86. The quantitative estimate of drug-likeness (QED) is 0.513. The number of fused-ring (bicyclic) bond motifs is 2. The molecule has 0 spiro atoms. The van der Waals surface area contributed by atoms with Gasteiger partial charge in [0.2, 0.25) is 0 Å². The Morgan fingerprint density at radius 1 is 1.07 bits per heavy atom. The van der Waals surface area contributed by atoms with Gasteiger partial charge in [-0.05, 0) is 59.7 Å². The van der Waals surface area contributed by atoms with E-state index in [1.54, 1.807) is 19.5 Å². The molecule has 2 N–H and O–H groups in total. The van der Waals surface area contributed by atoms with Crippen LogP contribution in [0.25, 0.3) is 22.7 Å². The summed E-state index contributed by atoms with van der Waals surface area (Å²) in [6, 6.07) is 15.2. The van der Waals surface area contributed by atoms with Crippen LogP contribution in [0.2, 0.25) is 0 Å². The lowest BCUT2D eigenvalue weighted by Gasteiger charge is -1.99. The number of nitrogens with one attached hydrogen (secondary N) is 1. The molecule has 0 fully saturated rings. The molecule has 2 aromatic heterocycles. The number of aromatic amines is 1. The Bertz CT molecular complexity index is 1490. The number of hydrogen-bond donors (Lipinski definition) is 2. The number of ether oxygens (including phenoxy) is 1. The van der Waals surface area contributed by atoms with Crippen molar-refractivity contribution in [3.8, 4) is 23.5 Å². The molecule has 1 aliphatic heterocycles. The molecule has 1 aliphatic rings. The first-order chi connectivity index (χ1) is 14.7. The van der Waals surface area contributed by atoms with E-state index in [4.69, 9.17) is 4.74 Å². The van der Waals surface area contributed by atoms with E-state index in [-0.39, 0.29) is 5.88 Å². The summed E-state index contributed by atoms with van der Waals surface area (Å²) < 4.78 is 5.31. The van der Waals surface area contributed by atoms with E-state index >= 15 is 0 Å². The first-order valence-electron chi connectivity index (χ1n) is 9.30. The minimum atomic E-state index is 0.106. The fourth-order valence-electron chi connectivity index (χ4n) is 3.36. The highest BCUT2D eigenvalue weighted by atomic mass is 16.5.